The number of hydrogen-bond acceptors (Lipinski definition) is 2. The zero-order valence-electron chi connectivity index (χ0n) is 10.9. The number of nitrogens with zero attached hydrogens (tertiary/aromatic N) is 1. The van der Waals surface area contributed by atoms with Crippen molar-refractivity contribution in [2.24, 2.45) is 0 Å². The second-order valence-electron chi connectivity index (χ2n) is 4.59. The summed E-state index contributed by atoms with van der Waals surface area (Å²) >= 11 is 5.83. The van der Waals surface area contributed by atoms with Gasteiger partial charge in [-0.25, -0.2) is 0 Å². The van der Waals surface area contributed by atoms with Gasteiger partial charge in [0.15, 0.2) is 0 Å². The highest BCUT2D eigenvalue weighted by atomic mass is 35.5. The fourth-order valence-corrected chi connectivity index (χ4v) is 1.84. The normalized spacial score (nSPS) is 10.5. The third-order valence-corrected chi connectivity index (χ3v) is 3.02. The van der Waals surface area contributed by atoms with Crippen molar-refractivity contribution in [2.45, 2.75) is 19.8 Å². The number of aromatic nitrogens is 1. The number of pyridine rings is 1. The highest BCUT2D eigenvalue weighted by Gasteiger charge is 2.08. The van der Waals surface area contributed by atoms with Gasteiger partial charge in [-0.1, -0.05) is 37.6 Å². The first-order valence-electron chi connectivity index (χ1n) is 6.09. The average Bonchev–Trinajstić information content (AvgIpc) is 2.39. The van der Waals surface area contributed by atoms with E-state index in [9.17, 15) is 4.79 Å². The van der Waals surface area contributed by atoms with Gasteiger partial charge >= 0.3 is 0 Å². The van der Waals surface area contributed by atoms with E-state index < -0.39 is 0 Å². The molecule has 0 radical (unpaired) electrons. The topological polar surface area (TPSA) is 42.0 Å². The van der Waals surface area contributed by atoms with Gasteiger partial charge in [-0.3, -0.25) is 9.78 Å². The number of carbonyl (C=O) groups is 1. The minimum Gasteiger partial charge on any atom is -0.321 e. The van der Waals surface area contributed by atoms with Gasteiger partial charge in [0.2, 0.25) is 0 Å². The van der Waals surface area contributed by atoms with Crippen molar-refractivity contribution in [3.05, 3.63) is 58.9 Å². The Bertz CT molecular complexity index is 579. The van der Waals surface area contributed by atoms with Crippen molar-refractivity contribution in [3.8, 4) is 0 Å². The van der Waals surface area contributed by atoms with Crippen molar-refractivity contribution in [3.63, 3.8) is 0 Å². The third kappa shape index (κ3) is 3.55. The van der Waals surface area contributed by atoms with Gasteiger partial charge in [-0.2, -0.15) is 0 Å². The first-order valence-corrected chi connectivity index (χ1v) is 6.47. The third-order valence-electron chi connectivity index (χ3n) is 2.79. The van der Waals surface area contributed by atoms with Crippen LogP contribution in [0.15, 0.2) is 42.6 Å². The highest BCUT2D eigenvalue weighted by Crippen LogP contribution is 2.17. The molecule has 2 rings (SSSR count). The second-order valence-corrected chi connectivity index (χ2v) is 5.03. The number of amides is 1. The Balaban J connectivity index is 2.10. The van der Waals surface area contributed by atoms with E-state index in [1.165, 1.54) is 11.8 Å². The molecule has 0 saturated heterocycles. The van der Waals surface area contributed by atoms with Crippen molar-refractivity contribution in [1.82, 2.24) is 4.98 Å². The van der Waals surface area contributed by atoms with Crippen molar-refractivity contribution in [1.29, 1.82) is 0 Å². The Morgan fingerprint density at radius 2 is 1.89 bits per heavy atom. The van der Waals surface area contributed by atoms with Gasteiger partial charge < -0.3 is 5.32 Å². The van der Waals surface area contributed by atoms with Crippen molar-refractivity contribution < 1.29 is 4.79 Å². The number of nitrogens with one attached hydrogen (secondary N) is 1. The van der Waals surface area contributed by atoms with Gasteiger partial charge in [0, 0.05) is 16.9 Å². The largest absolute Gasteiger partial charge is 0.321 e. The van der Waals surface area contributed by atoms with E-state index in [4.69, 9.17) is 11.6 Å². The van der Waals surface area contributed by atoms with Gasteiger partial charge in [0.25, 0.3) is 5.91 Å². The maximum atomic E-state index is 12.0. The molecular formula is C15H15ClN2O. The molecule has 0 saturated carbocycles. The number of anilines is 1. The van der Waals surface area contributed by atoms with E-state index in [0.717, 1.165) is 5.69 Å². The lowest BCUT2D eigenvalue weighted by Gasteiger charge is -2.08. The summed E-state index contributed by atoms with van der Waals surface area (Å²) in [5.41, 5.74) is 2.29. The van der Waals surface area contributed by atoms with Crippen LogP contribution in [-0.4, -0.2) is 10.9 Å². The highest BCUT2D eigenvalue weighted by molar-refractivity contribution is 6.30. The summed E-state index contributed by atoms with van der Waals surface area (Å²) in [4.78, 5) is 15.9. The zero-order valence-corrected chi connectivity index (χ0v) is 11.6. The summed E-state index contributed by atoms with van der Waals surface area (Å²) in [6.45, 7) is 4.26. The Morgan fingerprint density at radius 1 is 1.21 bits per heavy atom. The van der Waals surface area contributed by atoms with E-state index in [1.807, 2.05) is 24.3 Å². The van der Waals surface area contributed by atoms with Crippen LogP contribution in [0.3, 0.4) is 0 Å². The molecule has 0 spiro atoms. The van der Waals surface area contributed by atoms with E-state index in [1.54, 1.807) is 12.1 Å². The number of rotatable bonds is 3. The van der Waals surface area contributed by atoms with Gasteiger partial charge in [-0.15, -0.1) is 0 Å². The predicted molar refractivity (Wildman–Crippen MR) is 77.7 cm³/mol. The van der Waals surface area contributed by atoms with Crippen molar-refractivity contribution >= 4 is 23.2 Å². The number of benzene rings is 1. The molecule has 98 valence electrons. The van der Waals surface area contributed by atoms with Crippen LogP contribution in [0.5, 0.6) is 0 Å². The molecule has 1 heterocycles. The first kappa shape index (κ1) is 13.6. The summed E-state index contributed by atoms with van der Waals surface area (Å²) in [7, 11) is 0. The second kappa shape index (κ2) is 5.85. The molecule has 1 amide bonds. The summed E-state index contributed by atoms with van der Waals surface area (Å²) in [5, 5.41) is 3.29. The fourth-order valence-electron chi connectivity index (χ4n) is 1.68. The van der Waals surface area contributed by atoms with Crippen LogP contribution in [0.25, 0.3) is 0 Å². The van der Waals surface area contributed by atoms with Crippen LogP contribution in [-0.2, 0) is 0 Å². The Morgan fingerprint density at radius 3 is 2.47 bits per heavy atom. The maximum absolute atomic E-state index is 12.0. The summed E-state index contributed by atoms with van der Waals surface area (Å²) in [6.07, 6.45) is 1.51. The standard InChI is InChI=1S/C15H15ClN2O/c1-10(2)11-3-5-13(6-4-11)18-15(19)14-9-12(16)7-8-17-14/h3-10H,1-2H3,(H,18,19). The quantitative estimate of drug-likeness (QED) is 0.915. The van der Waals surface area contributed by atoms with Crippen LogP contribution in [0.4, 0.5) is 5.69 Å². The molecule has 2 aromatic rings. The summed E-state index contributed by atoms with van der Waals surface area (Å²) in [5.74, 6) is 0.208. The lowest BCUT2D eigenvalue weighted by molar-refractivity contribution is 0.102. The predicted octanol–water partition coefficient (Wildman–Crippen LogP) is 4.11. The molecule has 1 aromatic carbocycles. The van der Waals surface area contributed by atoms with E-state index >= 15 is 0 Å². The van der Waals surface area contributed by atoms with Crippen LogP contribution in [0.1, 0.15) is 35.8 Å². The molecule has 19 heavy (non-hydrogen) atoms. The number of halogens is 1. The first-order chi connectivity index (χ1) is 9.06. The van der Waals surface area contributed by atoms with Gasteiger partial charge in [-0.05, 0) is 35.7 Å². The molecule has 0 aliphatic carbocycles. The molecule has 0 fully saturated rings. The molecule has 0 aliphatic heterocycles. The van der Waals surface area contributed by atoms with Crippen LogP contribution in [0, 0.1) is 0 Å². The van der Waals surface area contributed by atoms with E-state index in [0.29, 0.717) is 16.6 Å². The summed E-state index contributed by atoms with van der Waals surface area (Å²) in [6, 6.07) is 11.0. The molecule has 0 unspecified atom stereocenters. The Kier molecular flexibility index (Phi) is 4.17. The average molecular weight is 275 g/mol. The fraction of sp³-hybridized carbons (Fsp3) is 0.200. The molecule has 1 N–H and O–H groups in total. The number of hydrogen-bond donors (Lipinski definition) is 1. The summed E-state index contributed by atoms with van der Waals surface area (Å²) < 4.78 is 0. The molecule has 3 nitrogen and oxygen atoms in total. The van der Waals surface area contributed by atoms with Gasteiger partial charge in [0.1, 0.15) is 5.69 Å². The smallest absolute Gasteiger partial charge is 0.274 e. The van der Waals surface area contributed by atoms with Crippen molar-refractivity contribution in [2.75, 3.05) is 5.32 Å². The zero-order chi connectivity index (χ0) is 13.8. The maximum Gasteiger partial charge on any atom is 0.274 e. The SMILES string of the molecule is CC(C)c1ccc(NC(=O)c2cc(Cl)ccn2)cc1. The number of carbonyl (C=O) groups excluding carboxylic acids is 1. The van der Waals surface area contributed by atoms with Crippen LogP contribution in [0.2, 0.25) is 5.02 Å². The van der Waals surface area contributed by atoms with Crippen LogP contribution >= 0.6 is 11.6 Å². The lowest BCUT2D eigenvalue weighted by atomic mass is 10.0. The Labute approximate surface area is 117 Å². The molecular weight excluding hydrogens is 260 g/mol. The minimum absolute atomic E-state index is 0.264. The van der Waals surface area contributed by atoms with Gasteiger partial charge in [0.05, 0.1) is 0 Å². The Hall–Kier alpha value is -1.87. The minimum atomic E-state index is -0.264. The molecule has 4 heteroatoms. The van der Waals surface area contributed by atoms with E-state index in [-0.39, 0.29) is 5.91 Å². The van der Waals surface area contributed by atoms with Crippen LogP contribution < -0.4 is 5.32 Å². The lowest BCUT2D eigenvalue weighted by Crippen LogP contribution is -2.13. The molecule has 0 bridgehead atoms. The molecule has 0 atom stereocenters. The monoisotopic (exact) mass is 274 g/mol. The van der Waals surface area contributed by atoms with E-state index in [2.05, 4.69) is 24.1 Å². The molecule has 0 aliphatic rings. The molecule has 1 aromatic heterocycles.